The number of nitrogens with one attached hydrogen (secondary N) is 1. The zero-order chi connectivity index (χ0) is 12.8. The first-order chi connectivity index (χ1) is 8.06. The molecule has 0 aliphatic carbocycles. The summed E-state index contributed by atoms with van der Waals surface area (Å²) in [6.45, 7) is 3.11. The smallest absolute Gasteiger partial charge is 0.354 e. The van der Waals surface area contributed by atoms with Crippen LogP contribution in [0.4, 0.5) is 0 Å². The van der Waals surface area contributed by atoms with Crippen molar-refractivity contribution in [2.24, 2.45) is 0 Å². The first kappa shape index (κ1) is 13.0. The lowest BCUT2D eigenvalue weighted by atomic mass is 10.1. The summed E-state index contributed by atoms with van der Waals surface area (Å²) in [6.07, 6.45) is 0. The Balaban J connectivity index is 3.18. The summed E-state index contributed by atoms with van der Waals surface area (Å²) < 4.78 is 4.64. The second-order valence-electron chi connectivity index (χ2n) is 3.54. The van der Waals surface area contributed by atoms with Gasteiger partial charge >= 0.3 is 5.97 Å². The largest absolute Gasteiger partial charge is 0.464 e. The summed E-state index contributed by atoms with van der Waals surface area (Å²) in [6, 6.07) is 9.33. The molecule has 0 aromatic heterocycles. The average Bonchev–Trinajstić information content (AvgIpc) is 2.35. The number of esters is 1. The predicted octanol–water partition coefficient (Wildman–Crippen LogP) is 1.73. The first-order valence-electron chi connectivity index (χ1n) is 5.18. The number of benzene rings is 1. The number of rotatable bonds is 3. The number of allylic oxidation sites excluding steroid dienone is 1. The van der Waals surface area contributed by atoms with Gasteiger partial charge in [0.25, 0.3) is 0 Å². The molecule has 0 saturated heterocycles. The van der Waals surface area contributed by atoms with Crippen LogP contribution in [0.2, 0.25) is 0 Å². The van der Waals surface area contributed by atoms with Crippen LogP contribution in [0.5, 0.6) is 0 Å². The molecular weight excluding hydrogens is 218 g/mol. The SMILES string of the molecule is COC(=O)C(NC(C)=O)=C(C)c1ccccc1. The molecule has 0 spiro atoms. The fourth-order valence-corrected chi connectivity index (χ4v) is 1.41. The van der Waals surface area contributed by atoms with Gasteiger partial charge in [0.1, 0.15) is 5.70 Å². The Labute approximate surface area is 100 Å². The van der Waals surface area contributed by atoms with E-state index in [9.17, 15) is 9.59 Å². The van der Waals surface area contributed by atoms with Gasteiger partial charge in [0.2, 0.25) is 5.91 Å². The van der Waals surface area contributed by atoms with Crippen molar-refractivity contribution < 1.29 is 14.3 Å². The van der Waals surface area contributed by atoms with Crippen LogP contribution < -0.4 is 5.32 Å². The quantitative estimate of drug-likeness (QED) is 0.639. The molecule has 0 atom stereocenters. The van der Waals surface area contributed by atoms with Crippen LogP contribution in [-0.4, -0.2) is 19.0 Å². The molecule has 0 bridgehead atoms. The predicted molar refractivity (Wildman–Crippen MR) is 64.9 cm³/mol. The van der Waals surface area contributed by atoms with Crippen molar-refractivity contribution in [2.75, 3.05) is 7.11 Å². The molecule has 0 aliphatic heterocycles. The average molecular weight is 233 g/mol. The van der Waals surface area contributed by atoms with Gasteiger partial charge in [-0.2, -0.15) is 0 Å². The van der Waals surface area contributed by atoms with E-state index in [1.165, 1.54) is 14.0 Å². The topological polar surface area (TPSA) is 55.4 Å². The molecule has 1 aromatic rings. The maximum Gasteiger partial charge on any atom is 0.354 e. The molecule has 0 heterocycles. The van der Waals surface area contributed by atoms with E-state index in [4.69, 9.17) is 0 Å². The third-order valence-corrected chi connectivity index (χ3v) is 2.27. The van der Waals surface area contributed by atoms with Crippen molar-refractivity contribution in [1.29, 1.82) is 0 Å². The molecule has 1 rings (SSSR count). The van der Waals surface area contributed by atoms with Gasteiger partial charge in [-0.3, -0.25) is 4.79 Å². The highest BCUT2D eigenvalue weighted by Crippen LogP contribution is 2.17. The Morgan fingerprint density at radius 1 is 1.12 bits per heavy atom. The zero-order valence-corrected chi connectivity index (χ0v) is 10.1. The fraction of sp³-hybridized carbons (Fsp3) is 0.231. The van der Waals surface area contributed by atoms with Crippen molar-refractivity contribution in [2.45, 2.75) is 13.8 Å². The van der Waals surface area contributed by atoms with Crippen molar-refractivity contribution in [3.63, 3.8) is 0 Å². The monoisotopic (exact) mass is 233 g/mol. The van der Waals surface area contributed by atoms with Crippen LogP contribution in [0, 0.1) is 0 Å². The Kier molecular flexibility index (Phi) is 4.46. The number of ether oxygens (including phenoxy) is 1. The molecular formula is C13H15NO3. The summed E-state index contributed by atoms with van der Waals surface area (Å²) >= 11 is 0. The van der Waals surface area contributed by atoms with E-state index in [0.717, 1.165) is 5.56 Å². The molecule has 4 heteroatoms. The molecule has 4 nitrogen and oxygen atoms in total. The normalized spacial score (nSPS) is 11.5. The standard InChI is InChI=1S/C13H15NO3/c1-9(11-7-5-4-6-8-11)12(13(16)17-3)14-10(2)15/h4-8H,1-3H3,(H,14,15). The summed E-state index contributed by atoms with van der Waals surface area (Å²) in [5, 5.41) is 2.49. The Morgan fingerprint density at radius 2 is 1.71 bits per heavy atom. The van der Waals surface area contributed by atoms with E-state index in [-0.39, 0.29) is 11.6 Å². The van der Waals surface area contributed by atoms with E-state index in [2.05, 4.69) is 10.1 Å². The summed E-state index contributed by atoms with van der Waals surface area (Å²) in [5.74, 6) is -0.859. The van der Waals surface area contributed by atoms with Crippen LogP contribution in [0.1, 0.15) is 19.4 Å². The molecule has 90 valence electrons. The molecule has 0 radical (unpaired) electrons. The highest BCUT2D eigenvalue weighted by molar-refractivity contribution is 6.00. The zero-order valence-electron chi connectivity index (χ0n) is 10.1. The van der Waals surface area contributed by atoms with Gasteiger partial charge in [0.15, 0.2) is 0 Å². The van der Waals surface area contributed by atoms with Gasteiger partial charge in [0.05, 0.1) is 7.11 Å². The molecule has 0 aliphatic rings. The van der Waals surface area contributed by atoms with Gasteiger partial charge in [0, 0.05) is 6.92 Å². The van der Waals surface area contributed by atoms with Crippen LogP contribution >= 0.6 is 0 Å². The van der Waals surface area contributed by atoms with E-state index >= 15 is 0 Å². The van der Waals surface area contributed by atoms with E-state index in [1.807, 2.05) is 30.3 Å². The van der Waals surface area contributed by atoms with Gasteiger partial charge in [-0.1, -0.05) is 30.3 Å². The summed E-state index contributed by atoms with van der Waals surface area (Å²) in [7, 11) is 1.28. The molecule has 1 aromatic carbocycles. The minimum atomic E-state index is -0.554. The van der Waals surface area contributed by atoms with Gasteiger partial charge in [-0.25, -0.2) is 4.79 Å². The number of hydrogen-bond donors (Lipinski definition) is 1. The molecule has 0 fully saturated rings. The van der Waals surface area contributed by atoms with Crippen LogP contribution in [0.15, 0.2) is 36.0 Å². The van der Waals surface area contributed by atoms with E-state index < -0.39 is 5.97 Å². The van der Waals surface area contributed by atoms with Crippen LogP contribution in [0.25, 0.3) is 5.57 Å². The molecule has 0 unspecified atom stereocenters. The van der Waals surface area contributed by atoms with Gasteiger partial charge < -0.3 is 10.1 Å². The summed E-state index contributed by atoms with van der Waals surface area (Å²) in [4.78, 5) is 22.6. The Hall–Kier alpha value is -2.10. The van der Waals surface area contributed by atoms with Crippen molar-refractivity contribution >= 4 is 17.4 Å². The lowest BCUT2D eigenvalue weighted by Crippen LogP contribution is -2.26. The minimum Gasteiger partial charge on any atom is -0.464 e. The highest BCUT2D eigenvalue weighted by Gasteiger charge is 2.15. The Morgan fingerprint density at radius 3 is 2.18 bits per heavy atom. The Bertz CT molecular complexity index is 449. The number of carbonyl (C=O) groups excluding carboxylic acids is 2. The molecule has 17 heavy (non-hydrogen) atoms. The maximum absolute atomic E-state index is 11.6. The van der Waals surface area contributed by atoms with Crippen LogP contribution in [0.3, 0.4) is 0 Å². The second-order valence-corrected chi connectivity index (χ2v) is 3.54. The van der Waals surface area contributed by atoms with E-state index in [0.29, 0.717) is 5.57 Å². The first-order valence-corrected chi connectivity index (χ1v) is 5.18. The third-order valence-electron chi connectivity index (χ3n) is 2.27. The van der Waals surface area contributed by atoms with Crippen molar-refractivity contribution in [1.82, 2.24) is 5.32 Å². The van der Waals surface area contributed by atoms with Crippen molar-refractivity contribution in [3.8, 4) is 0 Å². The maximum atomic E-state index is 11.6. The minimum absolute atomic E-state index is 0.172. The molecule has 1 N–H and O–H groups in total. The molecule has 1 amide bonds. The molecule has 0 saturated carbocycles. The lowest BCUT2D eigenvalue weighted by molar-refractivity contribution is -0.137. The second kappa shape index (κ2) is 5.84. The van der Waals surface area contributed by atoms with Crippen LogP contribution in [-0.2, 0) is 14.3 Å². The highest BCUT2D eigenvalue weighted by atomic mass is 16.5. The summed E-state index contributed by atoms with van der Waals surface area (Å²) in [5.41, 5.74) is 1.71. The number of amides is 1. The number of hydrogen-bond acceptors (Lipinski definition) is 3. The third kappa shape index (κ3) is 3.45. The van der Waals surface area contributed by atoms with Crippen molar-refractivity contribution in [3.05, 3.63) is 41.6 Å². The lowest BCUT2D eigenvalue weighted by Gasteiger charge is -2.10. The number of methoxy groups -OCH3 is 1. The fourth-order valence-electron chi connectivity index (χ4n) is 1.41. The van der Waals surface area contributed by atoms with Gasteiger partial charge in [-0.05, 0) is 18.1 Å². The van der Waals surface area contributed by atoms with E-state index in [1.54, 1.807) is 6.92 Å². The van der Waals surface area contributed by atoms with Gasteiger partial charge in [-0.15, -0.1) is 0 Å². The number of carbonyl (C=O) groups is 2.